The minimum absolute atomic E-state index is 0.0432. The Balaban J connectivity index is 1.88. The van der Waals surface area contributed by atoms with Gasteiger partial charge in [0.1, 0.15) is 10.8 Å². The molecule has 0 spiro atoms. The molecule has 0 unspecified atom stereocenters. The van der Waals surface area contributed by atoms with Crippen molar-refractivity contribution in [2.24, 2.45) is 7.05 Å². The number of nitrogens with zero attached hydrogens (tertiary/aromatic N) is 2. The lowest BCUT2D eigenvalue weighted by atomic mass is 10.1. The van der Waals surface area contributed by atoms with Crippen LogP contribution in [0.3, 0.4) is 0 Å². The lowest BCUT2D eigenvalue weighted by Gasteiger charge is -2.37. The van der Waals surface area contributed by atoms with E-state index in [1.807, 2.05) is 4.90 Å². The van der Waals surface area contributed by atoms with E-state index < -0.39 is 0 Å². The van der Waals surface area contributed by atoms with Crippen LogP contribution in [0.4, 0.5) is 0 Å². The van der Waals surface area contributed by atoms with Crippen molar-refractivity contribution in [3.05, 3.63) is 21.9 Å². The summed E-state index contributed by atoms with van der Waals surface area (Å²) < 4.78 is 7.29. The maximum atomic E-state index is 12.6. The summed E-state index contributed by atoms with van der Waals surface area (Å²) in [4.78, 5) is 14.5. The molecule has 19 heavy (non-hydrogen) atoms. The molecular weight excluding hydrogens is 289 g/mol. The van der Waals surface area contributed by atoms with Crippen molar-refractivity contribution in [2.45, 2.75) is 12.1 Å². The van der Waals surface area contributed by atoms with Crippen molar-refractivity contribution in [3.8, 4) is 0 Å². The molecule has 0 saturated carbocycles. The third-order valence-corrected chi connectivity index (χ3v) is 4.63. The lowest BCUT2D eigenvalue weighted by Crippen LogP contribution is -2.53. The Hall–Kier alpha value is -0.750. The second kappa shape index (κ2) is 4.98. The molecule has 2 saturated heterocycles. The molecule has 2 fully saturated rings. The maximum absolute atomic E-state index is 12.6. The zero-order valence-electron chi connectivity index (χ0n) is 10.5. The minimum Gasteiger partial charge on any atom is -0.373 e. The number of nitrogens with one attached hydrogen (secondary N) is 1. The third kappa shape index (κ3) is 2.14. The molecule has 1 amide bonds. The molecule has 2 aliphatic rings. The first kappa shape index (κ1) is 13.2. The number of carbonyl (C=O) groups is 1. The average molecular weight is 304 g/mol. The molecule has 2 atom stereocenters. The van der Waals surface area contributed by atoms with Gasteiger partial charge in [0.05, 0.1) is 23.8 Å². The van der Waals surface area contributed by atoms with E-state index in [2.05, 4.69) is 5.32 Å². The number of rotatable bonds is 1. The van der Waals surface area contributed by atoms with Gasteiger partial charge in [0.15, 0.2) is 0 Å². The van der Waals surface area contributed by atoms with Gasteiger partial charge in [-0.05, 0) is 6.07 Å². The summed E-state index contributed by atoms with van der Waals surface area (Å²) in [6, 6.07) is 1.72. The number of fused-ring (bicyclic) bond motifs is 1. The predicted octanol–water partition coefficient (Wildman–Crippen LogP) is 1.14. The van der Waals surface area contributed by atoms with Gasteiger partial charge in [-0.2, -0.15) is 0 Å². The fourth-order valence-electron chi connectivity index (χ4n) is 2.74. The highest BCUT2D eigenvalue weighted by atomic mass is 35.5. The Kier molecular flexibility index (Phi) is 3.47. The zero-order chi connectivity index (χ0) is 13.6. The van der Waals surface area contributed by atoms with Crippen LogP contribution in [0.5, 0.6) is 0 Å². The fraction of sp³-hybridized carbons (Fsp3) is 0.583. The Labute approximate surface area is 121 Å². The number of carbonyl (C=O) groups excluding carboxylic acids is 1. The van der Waals surface area contributed by atoms with Gasteiger partial charge in [-0.1, -0.05) is 23.2 Å². The molecule has 1 aromatic rings. The summed E-state index contributed by atoms with van der Waals surface area (Å²) in [5, 5.41) is 4.05. The first-order valence-electron chi connectivity index (χ1n) is 6.23. The highest BCUT2D eigenvalue weighted by molar-refractivity contribution is 6.41. The van der Waals surface area contributed by atoms with Crippen LogP contribution in [0, 0.1) is 0 Å². The van der Waals surface area contributed by atoms with Crippen LogP contribution in [0.1, 0.15) is 10.5 Å². The number of amides is 1. The van der Waals surface area contributed by atoms with E-state index in [1.54, 1.807) is 17.7 Å². The van der Waals surface area contributed by atoms with Gasteiger partial charge in [0, 0.05) is 26.7 Å². The van der Waals surface area contributed by atoms with Crippen LogP contribution >= 0.6 is 23.2 Å². The van der Waals surface area contributed by atoms with Crippen molar-refractivity contribution in [1.29, 1.82) is 0 Å². The van der Waals surface area contributed by atoms with E-state index in [-0.39, 0.29) is 18.1 Å². The summed E-state index contributed by atoms with van der Waals surface area (Å²) >= 11 is 12.0. The summed E-state index contributed by atoms with van der Waals surface area (Å²) in [6.07, 6.45) is 0.0870. The predicted molar refractivity (Wildman–Crippen MR) is 72.9 cm³/mol. The SMILES string of the molecule is Cn1c(C(=O)N2CCO[C@H]3CNC[C@H]32)cc(Cl)c1Cl. The van der Waals surface area contributed by atoms with E-state index >= 15 is 0 Å². The van der Waals surface area contributed by atoms with Crippen molar-refractivity contribution in [3.63, 3.8) is 0 Å². The zero-order valence-corrected chi connectivity index (χ0v) is 12.0. The monoisotopic (exact) mass is 303 g/mol. The number of hydrogen-bond donors (Lipinski definition) is 1. The topological polar surface area (TPSA) is 46.5 Å². The van der Waals surface area contributed by atoms with E-state index in [4.69, 9.17) is 27.9 Å². The van der Waals surface area contributed by atoms with Crippen LogP contribution in [0.15, 0.2) is 6.07 Å². The number of hydrogen-bond acceptors (Lipinski definition) is 3. The van der Waals surface area contributed by atoms with Crippen molar-refractivity contribution in [1.82, 2.24) is 14.8 Å². The lowest BCUT2D eigenvalue weighted by molar-refractivity contribution is -0.0367. The minimum atomic E-state index is -0.0432. The number of ether oxygens (including phenoxy) is 1. The first-order valence-corrected chi connectivity index (χ1v) is 6.99. The fourth-order valence-corrected chi connectivity index (χ4v) is 3.11. The Morgan fingerprint density at radius 1 is 1.47 bits per heavy atom. The maximum Gasteiger partial charge on any atom is 0.271 e. The average Bonchev–Trinajstić information content (AvgIpc) is 2.98. The third-order valence-electron chi connectivity index (χ3n) is 3.79. The molecule has 1 aromatic heterocycles. The highest BCUT2D eigenvalue weighted by Crippen LogP contribution is 2.27. The van der Waals surface area contributed by atoms with Crippen molar-refractivity contribution >= 4 is 29.1 Å². The summed E-state index contributed by atoms with van der Waals surface area (Å²) in [5.41, 5.74) is 0.516. The van der Waals surface area contributed by atoms with Gasteiger partial charge in [-0.3, -0.25) is 4.79 Å². The molecule has 3 heterocycles. The number of halogens is 2. The number of morpholine rings is 1. The molecule has 0 radical (unpaired) electrons. The Bertz CT molecular complexity index is 517. The van der Waals surface area contributed by atoms with Gasteiger partial charge < -0.3 is 19.5 Å². The van der Waals surface area contributed by atoms with Crippen LogP contribution in [-0.4, -0.2) is 53.8 Å². The van der Waals surface area contributed by atoms with Crippen LogP contribution in [-0.2, 0) is 11.8 Å². The van der Waals surface area contributed by atoms with E-state index in [1.165, 1.54) is 0 Å². The smallest absolute Gasteiger partial charge is 0.271 e. The van der Waals surface area contributed by atoms with Crippen LogP contribution < -0.4 is 5.32 Å². The largest absolute Gasteiger partial charge is 0.373 e. The Morgan fingerprint density at radius 3 is 2.95 bits per heavy atom. The second-order valence-electron chi connectivity index (χ2n) is 4.86. The van der Waals surface area contributed by atoms with Crippen LogP contribution in [0.2, 0.25) is 10.2 Å². The van der Waals surface area contributed by atoms with Crippen molar-refractivity contribution < 1.29 is 9.53 Å². The molecule has 104 valence electrons. The van der Waals surface area contributed by atoms with E-state index in [0.717, 1.165) is 13.1 Å². The summed E-state index contributed by atoms with van der Waals surface area (Å²) in [6.45, 7) is 2.73. The summed E-state index contributed by atoms with van der Waals surface area (Å²) in [7, 11) is 1.74. The van der Waals surface area contributed by atoms with Gasteiger partial charge in [-0.25, -0.2) is 0 Å². The van der Waals surface area contributed by atoms with Gasteiger partial charge in [0.2, 0.25) is 0 Å². The molecule has 1 N–H and O–H groups in total. The molecular formula is C12H15Cl2N3O2. The molecule has 2 aliphatic heterocycles. The Morgan fingerprint density at radius 2 is 2.26 bits per heavy atom. The van der Waals surface area contributed by atoms with Gasteiger partial charge in [0.25, 0.3) is 5.91 Å². The molecule has 0 bridgehead atoms. The van der Waals surface area contributed by atoms with E-state index in [9.17, 15) is 4.79 Å². The van der Waals surface area contributed by atoms with Gasteiger partial charge >= 0.3 is 0 Å². The quantitative estimate of drug-likeness (QED) is 0.846. The second-order valence-corrected chi connectivity index (χ2v) is 5.63. The highest BCUT2D eigenvalue weighted by Gasteiger charge is 2.39. The van der Waals surface area contributed by atoms with Gasteiger partial charge in [-0.15, -0.1) is 0 Å². The molecule has 0 aromatic carbocycles. The molecule has 7 heteroatoms. The van der Waals surface area contributed by atoms with Crippen LogP contribution in [0.25, 0.3) is 0 Å². The standard InChI is InChI=1S/C12H15Cl2N3O2/c1-16-8(4-7(13)11(16)14)12(18)17-2-3-19-10-6-15-5-9(10)17/h4,9-10,15H,2-3,5-6H2,1H3/t9-,10+/m1/s1. The number of aromatic nitrogens is 1. The van der Waals surface area contributed by atoms with E-state index in [0.29, 0.717) is 29.0 Å². The summed E-state index contributed by atoms with van der Waals surface area (Å²) in [5.74, 6) is -0.0432. The normalized spacial score (nSPS) is 26.6. The molecule has 5 nitrogen and oxygen atoms in total. The molecule has 3 rings (SSSR count). The molecule has 0 aliphatic carbocycles. The van der Waals surface area contributed by atoms with Crippen molar-refractivity contribution in [2.75, 3.05) is 26.2 Å². The first-order chi connectivity index (χ1) is 9.09.